The summed E-state index contributed by atoms with van der Waals surface area (Å²) in [4.78, 5) is 19.9. The molecule has 2 heterocycles. The number of fused-ring (bicyclic) bond motifs is 1. The van der Waals surface area contributed by atoms with Gasteiger partial charge in [-0.25, -0.2) is 4.99 Å². The maximum absolute atomic E-state index is 12.3. The third-order valence-corrected chi connectivity index (χ3v) is 4.87. The molecule has 0 saturated heterocycles. The van der Waals surface area contributed by atoms with Gasteiger partial charge in [-0.05, 0) is 42.2 Å². The quantitative estimate of drug-likeness (QED) is 0.686. The third kappa shape index (κ3) is 4.14. The predicted octanol–water partition coefficient (Wildman–Crippen LogP) is 3.52. The summed E-state index contributed by atoms with van der Waals surface area (Å²) in [6.07, 6.45) is 3.42. The summed E-state index contributed by atoms with van der Waals surface area (Å²) in [5.74, 6) is -0.0821. The highest BCUT2D eigenvalue weighted by molar-refractivity contribution is 6.35. The van der Waals surface area contributed by atoms with Gasteiger partial charge in [-0.2, -0.15) is 0 Å². The Morgan fingerprint density at radius 3 is 2.96 bits per heavy atom. The molecule has 0 unspecified atom stereocenters. The molecule has 1 amide bonds. The largest absolute Gasteiger partial charge is 0.472 e. The van der Waals surface area contributed by atoms with Crippen molar-refractivity contribution in [1.82, 2.24) is 10.3 Å². The van der Waals surface area contributed by atoms with Gasteiger partial charge in [0.15, 0.2) is 0 Å². The van der Waals surface area contributed by atoms with E-state index in [0.717, 1.165) is 22.9 Å². The smallest absolute Gasteiger partial charge is 0.306 e. The van der Waals surface area contributed by atoms with Crippen molar-refractivity contribution in [1.29, 1.82) is 0 Å². The first-order valence-electron chi connectivity index (χ1n) is 8.97. The summed E-state index contributed by atoms with van der Waals surface area (Å²) in [5.41, 5.74) is 3.34. The van der Waals surface area contributed by atoms with E-state index in [0.29, 0.717) is 24.6 Å². The molecule has 5 nitrogen and oxygen atoms in total. The molecule has 0 fully saturated rings. The summed E-state index contributed by atoms with van der Waals surface area (Å²) in [5, 5.41) is 4.66. The van der Waals surface area contributed by atoms with Gasteiger partial charge in [0.2, 0.25) is 0 Å². The molecule has 138 valence electrons. The lowest BCUT2D eigenvalue weighted by Gasteiger charge is -2.04. The molecule has 0 spiro atoms. The average Bonchev–Trinajstić information content (AvgIpc) is 3.30. The number of nitrogens with one attached hydrogen (secondary N) is 2. The van der Waals surface area contributed by atoms with Gasteiger partial charge in [-0.3, -0.25) is 4.79 Å². The number of nitrogens with zero attached hydrogens (tertiary/aromatic N) is 1. The van der Waals surface area contributed by atoms with Crippen LogP contribution < -0.4 is 5.32 Å². The third-order valence-electron chi connectivity index (χ3n) is 4.63. The molecule has 3 aromatic rings. The van der Waals surface area contributed by atoms with E-state index >= 15 is 0 Å². The Hall–Kier alpha value is -2.79. The van der Waals surface area contributed by atoms with Gasteiger partial charge in [0.25, 0.3) is 5.90 Å². The van der Waals surface area contributed by atoms with Gasteiger partial charge >= 0.3 is 5.91 Å². The van der Waals surface area contributed by atoms with E-state index in [9.17, 15) is 4.79 Å². The van der Waals surface area contributed by atoms with E-state index < -0.39 is 0 Å². The zero-order valence-electron chi connectivity index (χ0n) is 14.7. The molecular weight excluding hydrogens is 362 g/mol. The van der Waals surface area contributed by atoms with Crippen LogP contribution >= 0.6 is 11.6 Å². The zero-order valence-corrected chi connectivity index (χ0v) is 15.5. The number of H-pyrrole nitrogens is 1. The standard InChI is InChI=1S/C21H20ClN3O2/c22-16-6-7-19-18(11-16)15(12-24-19)8-9-23-20(26)21-25-17(13-27-21)10-14-4-2-1-3-5-14/h1-7,11-12,17,24H,8-10,13H2,(H,23,26)/t17-/m0/s1. The molecule has 0 aliphatic carbocycles. The van der Waals surface area contributed by atoms with Gasteiger partial charge in [0.1, 0.15) is 6.61 Å². The Morgan fingerprint density at radius 2 is 2.11 bits per heavy atom. The molecule has 1 aliphatic heterocycles. The molecule has 0 radical (unpaired) electrons. The summed E-state index contributed by atoms with van der Waals surface area (Å²) in [7, 11) is 0. The average molecular weight is 382 g/mol. The van der Waals surface area contributed by atoms with Crippen LogP contribution in [0.4, 0.5) is 0 Å². The van der Waals surface area contributed by atoms with Crippen LogP contribution in [0.15, 0.2) is 59.7 Å². The number of halogens is 1. The number of carbonyl (C=O) groups excluding carboxylic acids is 1. The molecule has 6 heteroatoms. The Kier molecular flexibility index (Phi) is 5.12. The summed E-state index contributed by atoms with van der Waals surface area (Å²) in [6.45, 7) is 0.947. The van der Waals surface area contributed by atoms with Crippen LogP contribution in [-0.2, 0) is 22.4 Å². The minimum absolute atomic E-state index is 0.0103. The fraction of sp³-hybridized carbons (Fsp3) is 0.238. The SMILES string of the molecule is O=C(NCCc1c[nH]c2ccc(Cl)cc12)C1=N[C@@H](Cc2ccccc2)CO1. The number of aromatic nitrogens is 1. The normalized spacial score (nSPS) is 16.2. The van der Waals surface area contributed by atoms with Crippen molar-refractivity contribution in [2.24, 2.45) is 4.99 Å². The molecule has 0 saturated carbocycles. The maximum Gasteiger partial charge on any atom is 0.306 e. The molecule has 2 aromatic carbocycles. The van der Waals surface area contributed by atoms with E-state index in [2.05, 4.69) is 27.4 Å². The van der Waals surface area contributed by atoms with Crippen LogP contribution in [0.2, 0.25) is 5.02 Å². The van der Waals surface area contributed by atoms with Crippen LogP contribution in [0.25, 0.3) is 10.9 Å². The Balaban J connectivity index is 1.31. The Morgan fingerprint density at radius 1 is 1.26 bits per heavy atom. The number of aromatic amines is 1. The van der Waals surface area contributed by atoms with Crippen LogP contribution in [0, 0.1) is 0 Å². The summed E-state index contributed by atoms with van der Waals surface area (Å²) < 4.78 is 5.49. The fourth-order valence-corrected chi connectivity index (χ4v) is 3.45. The zero-order chi connectivity index (χ0) is 18.6. The Labute approximate surface area is 162 Å². The number of carbonyl (C=O) groups is 1. The van der Waals surface area contributed by atoms with Gasteiger partial charge in [0, 0.05) is 28.7 Å². The molecular formula is C21H20ClN3O2. The van der Waals surface area contributed by atoms with Crippen molar-refractivity contribution >= 4 is 34.3 Å². The van der Waals surface area contributed by atoms with Gasteiger partial charge in [0.05, 0.1) is 6.04 Å². The fourth-order valence-electron chi connectivity index (χ4n) is 3.27. The van der Waals surface area contributed by atoms with Gasteiger partial charge < -0.3 is 15.0 Å². The predicted molar refractivity (Wildman–Crippen MR) is 107 cm³/mol. The van der Waals surface area contributed by atoms with Crippen molar-refractivity contribution in [3.63, 3.8) is 0 Å². The van der Waals surface area contributed by atoms with E-state index in [1.165, 1.54) is 5.56 Å². The number of benzene rings is 2. The first-order valence-corrected chi connectivity index (χ1v) is 9.35. The monoisotopic (exact) mass is 381 g/mol. The second kappa shape index (κ2) is 7.84. The maximum atomic E-state index is 12.3. The minimum Gasteiger partial charge on any atom is -0.472 e. The summed E-state index contributed by atoms with van der Waals surface area (Å²) in [6, 6.07) is 15.8. The summed E-state index contributed by atoms with van der Waals surface area (Å²) >= 11 is 6.07. The molecule has 1 aliphatic rings. The topological polar surface area (TPSA) is 66.5 Å². The highest BCUT2D eigenvalue weighted by atomic mass is 35.5. The lowest BCUT2D eigenvalue weighted by Crippen LogP contribution is -2.32. The van der Waals surface area contributed by atoms with Crippen LogP contribution in [0.3, 0.4) is 0 Å². The number of ether oxygens (including phenoxy) is 1. The van der Waals surface area contributed by atoms with E-state index in [4.69, 9.17) is 16.3 Å². The van der Waals surface area contributed by atoms with Crippen molar-refractivity contribution in [3.05, 3.63) is 70.9 Å². The second-order valence-corrected chi connectivity index (χ2v) is 7.03. The number of hydrogen-bond acceptors (Lipinski definition) is 3. The van der Waals surface area contributed by atoms with Crippen molar-refractivity contribution < 1.29 is 9.53 Å². The highest BCUT2D eigenvalue weighted by Crippen LogP contribution is 2.22. The molecule has 1 aromatic heterocycles. The molecule has 0 bridgehead atoms. The van der Waals surface area contributed by atoms with Crippen LogP contribution in [0.5, 0.6) is 0 Å². The number of hydrogen-bond donors (Lipinski definition) is 2. The first kappa shape index (κ1) is 17.6. The minimum atomic E-state index is -0.261. The molecule has 27 heavy (non-hydrogen) atoms. The van der Waals surface area contributed by atoms with Crippen molar-refractivity contribution in [3.8, 4) is 0 Å². The number of amides is 1. The van der Waals surface area contributed by atoms with Gasteiger partial charge in [-0.1, -0.05) is 41.9 Å². The Bertz CT molecular complexity index is 982. The van der Waals surface area contributed by atoms with E-state index in [1.807, 2.05) is 42.6 Å². The highest BCUT2D eigenvalue weighted by Gasteiger charge is 2.24. The lowest BCUT2D eigenvalue weighted by molar-refractivity contribution is -0.116. The van der Waals surface area contributed by atoms with Crippen molar-refractivity contribution in [2.45, 2.75) is 18.9 Å². The van der Waals surface area contributed by atoms with E-state index in [-0.39, 0.29) is 17.8 Å². The van der Waals surface area contributed by atoms with E-state index in [1.54, 1.807) is 0 Å². The first-order chi connectivity index (χ1) is 13.2. The van der Waals surface area contributed by atoms with Gasteiger partial charge in [-0.15, -0.1) is 0 Å². The van der Waals surface area contributed by atoms with Crippen LogP contribution in [-0.4, -0.2) is 36.0 Å². The molecule has 2 N–H and O–H groups in total. The second-order valence-electron chi connectivity index (χ2n) is 6.60. The van der Waals surface area contributed by atoms with Crippen molar-refractivity contribution in [2.75, 3.05) is 13.2 Å². The number of aliphatic imine (C=N–C) groups is 1. The molecule has 1 atom stereocenters. The molecule has 4 rings (SSSR count). The van der Waals surface area contributed by atoms with Crippen LogP contribution in [0.1, 0.15) is 11.1 Å². The number of rotatable bonds is 6. The lowest BCUT2D eigenvalue weighted by atomic mass is 10.1.